The molecule has 5 heterocycles. The minimum atomic E-state index is -2.37. The molecule has 0 saturated heterocycles. The molecule has 5 nitrogen and oxygen atoms in total. The molecule has 78 heavy (non-hydrogen) atoms. The minimum absolute atomic E-state index is 0.0664. The van der Waals surface area contributed by atoms with E-state index in [2.05, 4.69) is 9.97 Å². The molecule has 374 valence electrons. The molecule has 0 amide bonds. The van der Waals surface area contributed by atoms with Gasteiger partial charge in [-0.1, -0.05) is 97.1 Å². The molecule has 0 unspecified atom stereocenters. The summed E-state index contributed by atoms with van der Waals surface area (Å²) >= 11 is 0. The van der Waals surface area contributed by atoms with Gasteiger partial charge in [0.05, 0.1) is 39.2 Å². The van der Waals surface area contributed by atoms with Crippen molar-refractivity contribution >= 4 is 86.8 Å². The van der Waals surface area contributed by atoms with Gasteiger partial charge in [0.15, 0.2) is 52.4 Å². The third-order valence-corrected chi connectivity index (χ3v) is 15.0. The molecule has 8 bridgehead atoms. The summed E-state index contributed by atoms with van der Waals surface area (Å²) in [7, 11) is 0. The third-order valence-electron chi connectivity index (χ3n) is 15.0. The van der Waals surface area contributed by atoms with E-state index in [1.54, 1.807) is 140 Å². The largest absolute Gasteiger partial charge is 0.354 e. The van der Waals surface area contributed by atoms with Gasteiger partial charge >= 0.3 is 0 Å². The molecule has 0 spiro atoms. The predicted octanol–water partition coefficient (Wildman–Crippen LogP) is 18.0. The van der Waals surface area contributed by atoms with Crippen LogP contribution in [-0.4, -0.2) is 24.9 Å². The fourth-order valence-corrected chi connectivity index (χ4v) is 11.4. The van der Waals surface area contributed by atoms with Gasteiger partial charge in [0.25, 0.3) is 0 Å². The number of rotatable bonds is 2. The maximum Gasteiger partial charge on any atom is 0.200 e. The highest BCUT2D eigenvalue weighted by atomic mass is 19.2. The van der Waals surface area contributed by atoms with Gasteiger partial charge in [0.1, 0.15) is 5.65 Å². The Morgan fingerprint density at radius 3 is 1.10 bits per heavy atom. The molecule has 2 aliphatic heterocycles. The Hall–Kier alpha value is -9.89. The number of H-pyrrole nitrogens is 2. The number of nitrogens with one attached hydrogen (secondary N) is 2. The van der Waals surface area contributed by atoms with Crippen LogP contribution in [0.2, 0.25) is 0 Å². The Morgan fingerprint density at radius 2 is 0.628 bits per heavy atom. The molecular weight excluding hydrogens is 1020 g/mol. The van der Waals surface area contributed by atoms with Crippen LogP contribution in [0, 0.1) is 58.2 Å². The fraction of sp³-hybridized carbons (Fsp3) is 0. The van der Waals surface area contributed by atoms with Gasteiger partial charge in [-0.15, -0.1) is 0 Å². The second-order valence-electron chi connectivity index (χ2n) is 19.3. The summed E-state index contributed by atoms with van der Waals surface area (Å²) in [5.41, 5.74) is -3.28. The van der Waals surface area contributed by atoms with E-state index < -0.39 is 80.4 Å². The van der Waals surface area contributed by atoms with Gasteiger partial charge in [0.2, 0.25) is 11.6 Å². The monoisotopic (exact) mass is 1040 g/mol. The Bertz CT molecular complexity index is 4750. The minimum Gasteiger partial charge on any atom is -0.354 e. The van der Waals surface area contributed by atoms with E-state index in [1.807, 2.05) is 6.07 Å². The number of hydrogen-bond donors (Lipinski definition) is 2. The van der Waals surface area contributed by atoms with Crippen molar-refractivity contribution in [2.45, 2.75) is 0 Å². The van der Waals surface area contributed by atoms with Gasteiger partial charge in [-0.25, -0.2) is 58.9 Å². The Morgan fingerprint density at radius 1 is 0.282 bits per heavy atom. The van der Waals surface area contributed by atoms with Crippen LogP contribution in [0.15, 0.2) is 152 Å². The zero-order valence-corrected chi connectivity index (χ0v) is 39.6. The molecule has 0 saturated carbocycles. The molecule has 0 fully saturated rings. The first-order chi connectivity index (χ1) is 37.8. The molecule has 10 aromatic carbocycles. The van der Waals surface area contributed by atoms with Crippen molar-refractivity contribution in [3.63, 3.8) is 0 Å². The van der Waals surface area contributed by atoms with Crippen LogP contribution in [-0.2, 0) is 0 Å². The van der Waals surface area contributed by atoms with Gasteiger partial charge in [-0.2, -0.15) is 0 Å². The summed E-state index contributed by atoms with van der Waals surface area (Å²) in [6.45, 7) is 0. The molecular formula is C63H27F10N5. The molecule has 15 rings (SSSR count). The van der Waals surface area contributed by atoms with Crippen LogP contribution < -0.4 is 0 Å². The topological polar surface area (TPSA) is 70.2 Å². The number of aromatic nitrogens is 5. The first kappa shape index (κ1) is 45.5. The SMILES string of the molecule is Fc1c(F)c(F)c(-c2c3nc(nc4[nH]c(c(-c5c(F)c(F)c(F)c(F)c5F)c5nc(cc6[nH]c2c2cc7ccccc7cc62)-c2cc6ccccc6cc2-5)c2cc5ccccc5cc42)-c2cc4ccccc4cc2-3)c(F)c1F. The average molecular weight is 1040 g/mol. The smallest absolute Gasteiger partial charge is 0.200 e. The quantitative estimate of drug-likeness (QED) is 0.103. The van der Waals surface area contributed by atoms with Crippen LogP contribution in [0.25, 0.3) is 154 Å². The first-order valence-electron chi connectivity index (χ1n) is 24.2. The average Bonchev–Trinajstić information content (AvgIpc) is 4.39. The number of halogens is 10. The molecule has 15 heteroatoms. The van der Waals surface area contributed by atoms with Crippen molar-refractivity contribution in [3.8, 4) is 67.4 Å². The lowest BCUT2D eigenvalue weighted by atomic mass is 9.93. The van der Waals surface area contributed by atoms with E-state index in [-0.39, 0.29) is 78.0 Å². The predicted molar refractivity (Wildman–Crippen MR) is 283 cm³/mol. The van der Waals surface area contributed by atoms with Crippen LogP contribution in [0.4, 0.5) is 43.9 Å². The lowest BCUT2D eigenvalue weighted by Crippen LogP contribution is -2.05. The summed E-state index contributed by atoms with van der Waals surface area (Å²) in [5.74, 6) is -22.2. The molecule has 13 aromatic rings. The van der Waals surface area contributed by atoms with Gasteiger partial charge < -0.3 is 9.97 Å². The molecule has 0 aliphatic carbocycles. The molecule has 0 atom stereocenters. The zero-order chi connectivity index (χ0) is 53.2. The zero-order valence-electron chi connectivity index (χ0n) is 39.6. The second-order valence-corrected chi connectivity index (χ2v) is 19.3. The van der Waals surface area contributed by atoms with E-state index in [4.69, 9.17) is 15.0 Å². The number of nitrogens with zero attached hydrogens (tertiary/aromatic N) is 3. The van der Waals surface area contributed by atoms with Crippen molar-refractivity contribution in [3.05, 3.63) is 210 Å². The van der Waals surface area contributed by atoms with Crippen molar-refractivity contribution in [2.24, 2.45) is 0 Å². The molecule has 2 aliphatic rings. The summed E-state index contributed by atoms with van der Waals surface area (Å²) in [4.78, 5) is 21.6. The lowest BCUT2D eigenvalue weighted by molar-refractivity contribution is 0.381. The standard InChI is InChI=1S/C63H27F10N5/c64-48-44(49(65)53(69)56(72)52(48)68)46-58-36-19-28-11-3-1-9-26(28)17-34(36)42(74-58)25-43-35-18-27-10-2-4-12-29(27)20-37(35)59(75-43)47(45-50(66)54(70)57(73)55(71)51(45)67)61-39-22-31-14-6-8-16-33(31)24-41(39)63(77-61)78-62-40-23-32-15-7-5-13-30(32)21-38(40)60(46)76-62/h1-25,74H,(H,76,77,78). The van der Waals surface area contributed by atoms with E-state index in [1.165, 1.54) is 6.07 Å². The number of aromatic amines is 2. The van der Waals surface area contributed by atoms with E-state index >= 15 is 43.9 Å². The normalized spacial score (nSPS) is 12.2. The van der Waals surface area contributed by atoms with E-state index in [0.717, 1.165) is 0 Å². The van der Waals surface area contributed by atoms with Gasteiger partial charge in [0, 0.05) is 60.4 Å². The number of fused-ring (bicyclic) bond motifs is 24. The summed E-state index contributed by atoms with van der Waals surface area (Å²) in [5, 5.41) is 6.12. The van der Waals surface area contributed by atoms with Crippen molar-refractivity contribution < 1.29 is 43.9 Å². The Labute approximate surface area is 431 Å². The summed E-state index contributed by atoms with van der Waals surface area (Å²) in [6, 6.07) is 43.6. The first-order valence-corrected chi connectivity index (χ1v) is 24.2. The second kappa shape index (κ2) is 16.3. The maximum atomic E-state index is 17.0. The van der Waals surface area contributed by atoms with Crippen LogP contribution in [0.1, 0.15) is 0 Å². The van der Waals surface area contributed by atoms with Crippen LogP contribution >= 0.6 is 0 Å². The Balaban J connectivity index is 1.26. The lowest BCUT2D eigenvalue weighted by Gasteiger charge is -2.12. The number of benzene rings is 10. The molecule has 0 radical (unpaired) electrons. The highest BCUT2D eigenvalue weighted by molar-refractivity contribution is 6.20. The maximum absolute atomic E-state index is 17.0. The van der Waals surface area contributed by atoms with Crippen molar-refractivity contribution in [2.75, 3.05) is 0 Å². The third kappa shape index (κ3) is 6.35. The van der Waals surface area contributed by atoms with E-state index in [9.17, 15) is 0 Å². The van der Waals surface area contributed by atoms with Crippen LogP contribution in [0.5, 0.6) is 0 Å². The van der Waals surface area contributed by atoms with Crippen LogP contribution in [0.3, 0.4) is 0 Å². The van der Waals surface area contributed by atoms with Crippen molar-refractivity contribution in [1.29, 1.82) is 0 Å². The van der Waals surface area contributed by atoms with Gasteiger partial charge in [-0.05, 0) is 97.7 Å². The summed E-state index contributed by atoms with van der Waals surface area (Å²) < 4.78 is 162. The summed E-state index contributed by atoms with van der Waals surface area (Å²) in [6.07, 6.45) is 0. The highest BCUT2D eigenvalue weighted by Crippen LogP contribution is 2.51. The number of hydrogen-bond acceptors (Lipinski definition) is 3. The van der Waals surface area contributed by atoms with Gasteiger partial charge in [-0.3, -0.25) is 0 Å². The van der Waals surface area contributed by atoms with Crippen molar-refractivity contribution in [1.82, 2.24) is 24.9 Å². The fourth-order valence-electron chi connectivity index (χ4n) is 11.4. The van der Waals surface area contributed by atoms with E-state index in [0.29, 0.717) is 54.0 Å². The Kier molecular flexibility index (Phi) is 9.51. The highest BCUT2D eigenvalue weighted by Gasteiger charge is 2.35. The molecule has 2 N–H and O–H groups in total. The molecule has 3 aromatic heterocycles.